The van der Waals surface area contributed by atoms with Crippen LogP contribution in [-0.4, -0.2) is 66.7 Å². The van der Waals surface area contributed by atoms with Gasteiger partial charge in [0.1, 0.15) is 6.07 Å². The van der Waals surface area contributed by atoms with Crippen molar-refractivity contribution in [2.75, 3.05) is 45.2 Å². The zero-order chi connectivity index (χ0) is 18.1. The molecule has 25 heavy (non-hydrogen) atoms. The van der Waals surface area contributed by atoms with Gasteiger partial charge >= 0.3 is 0 Å². The van der Waals surface area contributed by atoms with Crippen molar-refractivity contribution >= 4 is 11.6 Å². The molecule has 136 valence electrons. The molecule has 1 aromatic rings. The van der Waals surface area contributed by atoms with Gasteiger partial charge < -0.3 is 20.2 Å². The number of amides is 1. The molecular weight excluding hydrogens is 316 g/mol. The van der Waals surface area contributed by atoms with Crippen LogP contribution in [-0.2, 0) is 4.79 Å². The fourth-order valence-electron chi connectivity index (χ4n) is 3.25. The summed E-state index contributed by atoms with van der Waals surface area (Å²) >= 11 is 0. The van der Waals surface area contributed by atoms with E-state index in [1.54, 1.807) is 18.2 Å². The van der Waals surface area contributed by atoms with Crippen LogP contribution in [0.4, 0.5) is 5.69 Å². The quantitative estimate of drug-likeness (QED) is 0.750. The minimum Gasteiger partial charge on any atom is -0.396 e. The molecule has 0 radical (unpaired) electrons. The van der Waals surface area contributed by atoms with Gasteiger partial charge in [0.25, 0.3) is 0 Å². The Kier molecular flexibility index (Phi) is 7.86. The molecule has 1 aliphatic heterocycles. The van der Waals surface area contributed by atoms with Gasteiger partial charge in [0.05, 0.1) is 11.3 Å². The van der Waals surface area contributed by atoms with Gasteiger partial charge in [0.2, 0.25) is 5.91 Å². The van der Waals surface area contributed by atoms with E-state index in [4.69, 9.17) is 10.4 Å². The number of benzene rings is 1. The number of hydrogen-bond donors (Lipinski definition) is 2. The van der Waals surface area contributed by atoms with Crippen LogP contribution in [0.15, 0.2) is 24.3 Å². The van der Waals surface area contributed by atoms with E-state index < -0.39 is 0 Å². The fraction of sp³-hybridized carbons (Fsp3) is 0.579. The molecule has 0 bridgehead atoms. The summed E-state index contributed by atoms with van der Waals surface area (Å²) in [7, 11) is 2.12. The lowest BCUT2D eigenvalue weighted by Gasteiger charge is -2.36. The van der Waals surface area contributed by atoms with Crippen LogP contribution in [0, 0.1) is 11.3 Å². The van der Waals surface area contributed by atoms with Gasteiger partial charge in [0.15, 0.2) is 0 Å². The lowest BCUT2D eigenvalue weighted by Crippen LogP contribution is -2.44. The number of nitrogens with zero attached hydrogens (tertiary/aromatic N) is 3. The number of hydrogen-bond acceptors (Lipinski definition) is 5. The van der Waals surface area contributed by atoms with Crippen LogP contribution in [0.5, 0.6) is 0 Å². The van der Waals surface area contributed by atoms with Gasteiger partial charge in [-0.25, -0.2) is 0 Å². The third-order valence-electron chi connectivity index (χ3n) is 4.83. The maximum absolute atomic E-state index is 12.1. The molecule has 0 aliphatic carbocycles. The first-order valence-electron chi connectivity index (χ1n) is 8.96. The SMILES string of the molecule is CN(CCCO)C1CCN(CCC(=O)Nc2ccccc2C#N)CC1. The van der Waals surface area contributed by atoms with Gasteiger partial charge in [-0.2, -0.15) is 5.26 Å². The number of para-hydroxylation sites is 1. The summed E-state index contributed by atoms with van der Waals surface area (Å²) in [6.07, 6.45) is 3.45. The highest BCUT2D eigenvalue weighted by Gasteiger charge is 2.22. The second-order valence-corrected chi connectivity index (χ2v) is 6.59. The van der Waals surface area contributed by atoms with Gasteiger partial charge in [-0.3, -0.25) is 4.79 Å². The molecule has 1 amide bonds. The summed E-state index contributed by atoms with van der Waals surface area (Å²) in [6.45, 7) is 3.91. The van der Waals surface area contributed by atoms with Crippen molar-refractivity contribution in [3.05, 3.63) is 29.8 Å². The summed E-state index contributed by atoms with van der Waals surface area (Å²) in [6, 6.07) is 9.72. The number of nitrogens with one attached hydrogen (secondary N) is 1. The van der Waals surface area contributed by atoms with Crippen LogP contribution in [0.3, 0.4) is 0 Å². The minimum absolute atomic E-state index is 0.0510. The monoisotopic (exact) mass is 344 g/mol. The number of anilines is 1. The molecule has 1 aliphatic rings. The Morgan fingerprint density at radius 3 is 2.80 bits per heavy atom. The number of aliphatic hydroxyl groups is 1. The Hall–Kier alpha value is -1.94. The predicted octanol–water partition coefficient (Wildman–Crippen LogP) is 1.67. The smallest absolute Gasteiger partial charge is 0.225 e. The first kappa shape index (κ1) is 19.4. The Morgan fingerprint density at radius 1 is 1.40 bits per heavy atom. The number of carbonyl (C=O) groups is 1. The van der Waals surface area contributed by atoms with Crippen molar-refractivity contribution in [2.45, 2.75) is 31.7 Å². The molecule has 0 saturated carbocycles. The Labute approximate surface area is 150 Å². The van der Waals surface area contributed by atoms with Crippen LogP contribution in [0.1, 0.15) is 31.2 Å². The summed E-state index contributed by atoms with van der Waals surface area (Å²) in [5.74, 6) is -0.0510. The van der Waals surface area contributed by atoms with E-state index in [2.05, 4.69) is 28.2 Å². The second-order valence-electron chi connectivity index (χ2n) is 6.59. The number of nitriles is 1. The predicted molar refractivity (Wildman–Crippen MR) is 98.2 cm³/mol. The summed E-state index contributed by atoms with van der Waals surface area (Å²) < 4.78 is 0. The summed E-state index contributed by atoms with van der Waals surface area (Å²) in [4.78, 5) is 16.8. The van der Waals surface area contributed by atoms with Crippen molar-refractivity contribution in [1.82, 2.24) is 9.80 Å². The molecule has 0 spiro atoms. The molecule has 0 aromatic heterocycles. The molecule has 0 unspecified atom stereocenters. The Balaban J connectivity index is 1.70. The van der Waals surface area contributed by atoms with Gasteiger partial charge in [0, 0.05) is 32.2 Å². The molecule has 2 N–H and O–H groups in total. The zero-order valence-corrected chi connectivity index (χ0v) is 14.9. The number of piperidine rings is 1. The third-order valence-corrected chi connectivity index (χ3v) is 4.83. The summed E-state index contributed by atoms with van der Waals surface area (Å²) in [5, 5.41) is 20.8. The van der Waals surface area contributed by atoms with Crippen LogP contribution in [0.25, 0.3) is 0 Å². The van der Waals surface area contributed by atoms with E-state index in [1.165, 1.54) is 0 Å². The largest absolute Gasteiger partial charge is 0.396 e. The van der Waals surface area contributed by atoms with Crippen molar-refractivity contribution in [2.24, 2.45) is 0 Å². The lowest BCUT2D eigenvalue weighted by atomic mass is 10.0. The number of rotatable bonds is 8. The fourth-order valence-corrected chi connectivity index (χ4v) is 3.25. The van der Waals surface area contributed by atoms with Crippen LogP contribution >= 0.6 is 0 Å². The van der Waals surface area contributed by atoms with Crippen LogP contribution in [0.2, 0.25) is 0 Å². The maximum Gasteiger partial charge on any atom is 0.225 e. The molecule has 1 aromatic carbocycles. The Morgan fingerprint density at radius 2 is 2.12 bits per heavy atom. The van der Waals surface area contributed by atoms with Gasteiger partial charge in [-0.15, -0.1) is 0 Å². The van der Waals surface area contributed by atoms with E-state index in [1.807, 2.05) is 6.07 Å². The van der Waals surface area contributed by atoms with Gasteiger partial charge in [-0.05, 0) is 51.5 Å². The highest BCUT2D eigenvalue weighted by atomic mass is 16.3. The zero-order valence-electron chi connectivity index (χ0n) is 14.9. The number of carbonyl (C=O) groups excluding carboxylic acids is 1. The first-order valence-corrected chi connectivity index (χ1v) is 8.96. The van der Waals surface area contributed by atoms with Crippen molar-refractivity contribution in [3.63, 3.8) is 0 Å². The van der Waals surface area contributed by atoms with E-state index in [0.29, 0.717) is 23.7 Å². The average molecular weight is 344 g/mol. The average Bonchev–Trinajstić information content (AvgIpc) is 2.65. The topological polar surface area (TPSA) is 79.6 Å². The molecule has 6 heteroatoms. The summed E-state index contributed by atoms with van der Waals surface area (Å²) in [5.41, 5.74) is 1.07. The van der Waals surface area contributed by atoms with Gasteiger partial charge in [-0.1, -0.05) is 12.1 Å². The Bertz CT molecular complexity index is 591. The lowest BCUT2D eigenvalue weighted by molar-refractivity contribution is -0.116. The van der Waals surface area contributed by atoms with Crippen molar-refractivity contribution in [1.29, 1.82) is 5.26 Å². The molecule has 1 fully saturated rings. The molecule has 6 nitrogen and oxygen atoms in total. The molecule has 0 atom stereocenters. The third kappa shape index (κ3) is 6.13. The maximum atomic E-state index is 12.1. The highest BCUT2D eigenvalue weighted by molar-refractivity contribution is 5.92. The molecule has 2 rings (SSSR count). The number of likely N-dealkylation sites (tertiary alicyclic amines) is 1. The molecule has 1 saturated heterocycles. The highest BCUT2D eigenvalue weighted by Crippen LogP contribution is 2.17. The second kappa shape index (κ2) is 10.1. The number of aliphatic hydroxyl groups excluding tert-OH is 1. The van der Waals surface area contributed by atoms with E-state index in [0.717, 1.165) is 45.4 Å². The minimum atomic E-state index is -0.0510. The molecule has 1 heterocycles. The standard InChI is InChI=1S/C19H28N4O2/c1-22(10-4-14-24)17-7-11-23(12-8-17)13-9-19(25)21-18-6-3-2-5-16(18)15-20/h2-3,5-6,17,24H,4,7-14H2,1H3,(H,21,25). The first-order chi connectivity index (χ1) is 12.1. The van der Waals surface area contributed by atoms with E-state index in [9.17, 15) is 4.79 Å². The van der Waals surface area contributed by atoms with Crippen molar-refractivity contribution in [3.8, 4) is 6.07 Å². The molecular formula is C19H28N4O2. The van der Waals surface area contributed by atoms with Crippen LogP contribution < -0.4 is 5.32 Å². The van der Waals surface area contributed by atoms with Crippen molar-refractivity contribution < 1.29 is 9.90 Å². The normalized spacial score (nSPS) is 15.9. The van der Waals surface area contributed by atoms with E-state index >= 15 is 0 Å². The van der Waals surface area contributed by atoms with E-state index in [-0.39, 0.29) is 12.5 Å².